The first kappa shape index (κ1) is 28.8. The van der Waals surface area contributed by atoms with E-state index in [9.17, 15) is 24.8 Å². The second-order valence-corrected chi connectivity index (χ2v) is 12.4. The monoisotopic (exact) mass is 604 g/mol. The van der Waals surface area contributed by atoms with Gasteiger partial charge in [-0.1, -0.05) is 23.7 Å². The van der Waals surface area contributed by atoms with E-state index in [1.165, 1.54) is 22.3 Å². The summed E-state index contributed by atoms with van der Waals surface area (Å²) in [5.41, 5.74) is 3.87. The van der Waals surface area contributed by atoms with Crippen molar-refractivity contribution in [2.45, 2.75) is 38.2 Å². The van der Waals surface area contributed by atoms with Gasteiger partial charge in [0.2, 0.25) is 11.8 Å². The van der Waals surface area contributed by atoms with Crippen LogP contribution in [0.25, 0.3) is 11.6 Å². The van der Waals surface area contributed by atoms with Crippen LogP contribution in [0.2, 0.25) is 11.3 Å². The fourth-order valence-electron chi connectivity index (χ4n) is 6.62. The Morgan fingerprint density at radius 3 is 2.74 bits per heavy atom. The maximum absolute atomic E-state index is 13.7. The molecule has 0 spiro atoms. The van der Waals surface area contributed by atoms with E-state index in [0.29, 0.717) is 35.4 Å². The van der Waals surface area contributed by atoms with Crippen molar-refractivity contribution in [1.82, 2.24) is 9.88 Å². The average molecular weight is 605 g/mol. The minimum absolute atomic E-state index is 0.0696. The lowest BCUT2D eigenvalue weighted by Gasteiger charge is -2.43. The van der Waals surface area contributed by atoms with Crippen molar-refractivity contribution in [1.29, 1.82) is 0 Å². The zero-order valence-corrected chi connectivity index (χ0v) is 24.3. The Kier molecular flexibility index (Phi) is 8.34. The highest BCUT2D eigenvalue weighted by molar-refractivity contribution is 7.09. The number of fused-ring (bicyclic) bond motifs is 3. The molecule has 0 bridgehead atoms. The summed E-state index contributed by atoms with van der Waals surface area (Å²) in [6.45, 7) is -0.0111. The molecule has 4 heterocycles. The molecule has 2 amide bonds. The van der Waals surface area contributed by atoms with Crippen LogP contribution in [0.15, 0.2) is 71.3 Å². The van der Waals surface area contributed by atoms with Crippen molar-refractivity contribution in [2.24, 2.45) is 17.8 Å². The maximum Gasteiger partial charge on any atom is 0.455 e. The summed E-state index contributed by atoms with van der Waals surface area (Å²) in [7, 11) is -1.11. The number of hydrogen-bond acceptors (Lipinski definition) is 8. The molecule has 216 valence electrons. The Morgan fingerprint density at radius 1 is 1.17 bits per heavy atom. The van der Waals surface area contributed by atoms with Crippen molar-refractivity contribution in [3.63, 3.8) is 0 Å². The smallest absolute Gasteiger partial charge is 0.455 e. The van der Waals surface area contributed by atoms with Crippen LogP contribution in [-0.4, -0.2) is 56.8 Å². The second kappa shape index (κ2) is 12.1. The van der Waals surface area contributed by atoms with Gasteiger partial charge in [-0.15, -0.1) is 11.3 Å². The third-order valence-corrected chi connectivity index (χ3v) is 9.66. The molecule has 42 heavy (non-hydrogen) atoms. The standard InChI is InChI=1S/C31H30BClN2O6S/c33-25-14-21(37)8-6-18(25)12-19(26-5-1-2-10-34-26)7-9-27-28-20(17-36)13-23-29(24(28)15-32(40)41-27)31(39)35(30(23)38)16-22-4-3-11-42-22/h1-6,8,10-12,14,23-24,27,29,36-37,40H,7,9,13,15-17H2/b19-12-/t23-,24+,27-,29-/m1/s1. The predicted octanol–water partition coefficient (Wildman–Crippen LogP) is 4.81. The van der Waals surface area contributed by atoms with Gasteiger partial charge in [-0.05, 0) is 102 Å². The minimum atomic E-state index is -1.11. The van der Waals surface area contributed by atoms with Crippen LogP contribution in [0.3, 0.4) is 0 Å². The Bertz CT molecular complexity index is 1550. The van der Waals surface area contributed by atoms with Gasteiger partial charge in [-0.3, -0.25) is 19.5 Å². The number of imide groups is 1. The number of benzene rings is 1. The number of aromatic hydroxyl groups is 1. The number of halogens is 1. The first-order chi connectivity index (χ1) is 20.3. The number of likely N-dealkylation sites (tertiary alicyclic amines) is 1. The lowest BCUT2D eigenvalue weighted by Crippen LogP contribution is -2.46. The second-order valence-electron chi connectivity index (χ2n) is 10.9. The Hall–Kier alpha value is -3.28. The molecular weight excluding hydrogens is 575 g/mol. The van der Waals surface area contributed by atoms with Gasteiger partial charge in [-0.2, -0.15) is 0 Å². The number of carbonyl (C=O) groups is 2. The highest BCUT2D eigenvalue weighted by Crippen LogP contribution is 2.51. The van der Waals surface area contributed by atoms with Crippen LogP contribution >= 0.6 is 22.9 Å². The molecule has 1 aliphatic carbocycles. The molecule has 4 atom stereocenters. The van der Waals surface area contributed by atoms with Gasteiger partial charge in [0.25, 0.3) is 0 Å². The fourth-order valence-corrected chi connectivity index (χ4v) is 7.55. The number of phenols is 1. The third-order valence-electron chi connectivity index (χ3n) is 8.47. The molecule has 11 heteroatoms. The molecule has 2 fully saturated rings. The number of thiophene rings is 1. The van der Waals surface area contributed by atoms with Crippen LogP contribution < -0.4 is 0 Å². The van der Waals surface area contributed by atoms with Crippen molar-refractivity contribution in [2.75, 3.05) is 6.61 Å². The minimum Gasteiger partial charge on any atom is -0.508 e. The molecule has 8 nitrogen and oxygen atoms in total. The first-order valence-corrected chi connectivity index (χ1v) is 15.2. The SMILES string of the molecule is O=C1[C@@H]2[C@@H](CC(CO)=C3[C@@H](CC/C(=C/c4ccc(O)cc4Cl)c4ccccn4)OB(O)C[C@@H]32)C(=O)N1Cc1cccs1. The molecular formula is C31H30BClN2O6S. The normalized spacial score (nSPS) is 24.3. The topological polar surface area (TPSA) is 120 Å². The molecule has 3 aliphatic rings. The van der Waals surface area contributed by atoms with Gasteiger partial charge >= 0.3 is 7.12 Å². The van der Waals surface area contributed by atoms with Crippen LogP contribution in [0.4, 0.5) is 0 Å². The number of hydrogen-bond donors (Lipinski definition) is 3. The van der Waals surface area contributed by atoms with E-state index >= 15 is 0 Å². The number of pyridine rings is 1. The number of allylic oxidation sites excluding steroid dienone is 1. The number of carbonyl (C=O) groups excluding carboxylic acids is 2. The molecule has 0 saturated carbocycles. The molecule has 2 aromatic heterocycles. The van der Waals surface area contributed by atoms with Crippen LogP contribution in [0, 0.1) is 17.8 Å². The third kappa shape index (κ3) is 5.57. The molecule has 0 radical (unpaired) electrons. The van der Waals surface area contributed by atoms with Crippen LogP contribution in [-0.2, 0) is 20.8 Å². The summed E-state index contributed by atoms with van der Waals surface area (Å²) in [5.74, 6) is -1.92. The summed E-state index contributed by atoms with van der Waals surface area (Å²) in [6, 6.07) is 14.2. The van der Waals surface area contributed by atoms with Gasteiger partial charge < -0.3 is 19.9 Å². The average Bonchev–Trinajstić information content (AvgIpc) is 3.58. The van der Waals surface area contributed by atoms with E-state index in [0.717, 1.165) is 21.7 Å². The first-order valence-electron chi connectivity index (χ1n) is 14.0. The summed E-state index contributed by atoms with van der Waals surface area (Å²) in [5, 5.41) is 33.3. The van der Waals surface area contributed by atoms with Gasteiger partial charge in [0.05, 0.1) is 41.8 Å². The highest BCUT2D eigenvalue weighted by Gasteiger charge is 2.57. The lowest BCUT2D eigenvalue weighted by molar-refractivity contribution is -0.140. The fraction of sp³-hybridized carbons (Fsp3) is 0.323. The zero-order valence-electron chi connectivity index (χ0n) is 22.7. The van der Waals surface area contributed by atoms with Gasteiger partial charge in [0.15, 0.2) is 0 Å². The molecule has 2 saturated heterocycles. The Balaban J connectivity index is 1.30. The molecule has 3 aromatic rings. The van der Waals surface area contributed by atoms with Crippen molar-refractivity contribution >= 4 is 53.5 Å². The van der Waals surface area contributed by atoms with Gasteiger partial charge in [-0.25, -0.2) is 0 Å². The van der Waals surface area contributed by atoms with E-state index in [4.69, 9.17) is 16.3 Å². The summed E-state index contributed by atoms with van der Waals surface area (Å²) in [6.07, 6.45) is 4.49. The summed E-state index contributed by atoms with van der Waals surface area (Å²) < 4.78 is 6.06. The maximum atomic E-state index is 13.7. The number of amides is 2. The largest absolute Gasteiger partial charge is 0.508 e. The lowest BCUT2D eigenvalue weighted by atomic mass is 9.58. The van der Waals surface area contributed by atoms with E-state index in [2.05, 4.69) is 4.98 Å². The van der Waals surface area contributed by atoms with Crippen LogP contribution in [0.5, 0.6) is 5.75 Å². The number of aromatic nitrogens is 1. The number of aliphatic hydroxyl groups excluding tert-OH is 1. The summed E-state index contributed by atoms with van der Waals surface area (Å²) >= 11 is 7.91. The summed E-state index contributed by atoms with van der Waals surface area (Å²) in [4.78, 5) is 33.9. The van der Waals surface area contributed by atoms with Crippen molar-refractivity contribution < 1.29 is 29.5 Å². The molecule has 0 unspecified atom stereocenters. The molecule has 3 N–H and O–H groups in total. The van der Waals surface area contributed by atoms with Crippen molar-refractivity contribution in [3.8, 4) is 5.75 Å². The molecule has 2 aliphatic heterocycles. The molecule has 1 aromatic carbocycles. The number of nitrogens with zero attached hydrogens (tertiary/aromatic N) is 2. The van der Waals surface area contributed by atoms with Gasteiger partial charge in [0, 0.05) is 11.1 Å². The van der Waals surface area contributed by atoms with Crippen LogP contribution in [0.1, 0.15) is 35.4 Å². The Labute approximate surface area is 253 Å². The Morgan fingerprint density at radius 2 is 2.02 bits per heavy atom. The van der Waals surface area contributed by atoms with E-state index < -0.39 is 31.0 Å². The van der Waals surface area contributed by atoms with Crippen molar-refractivity contribution in [3.05, 3.63) is 92.4 Å². The predicted molar refractivity (Wildman–Crippen MR) is 161 cm³/mol. The van der Waals surface area contributed by atoms with Gasteiger partial charge in [0.1, 0.15) is 5.75 Å². The number of aliphatic hydroxyl groups is 1. The highest BCUT2D eigenvalue weighted by atomic mass is 35.5. The van der Waals surface area contributed by atoms with E-state index in [-0.39, 0.29) is 37.0 Å². The zero-order chi connectivity index (χ0) is 29.4. The molecule has 6 rings (SSSR count). The van der Waals surface area contributed by atoms with E-state index in [1.807, 2.05) is 41.8 Å². The van der Waals surface area contributed by atoms with E-state index in [1.54, 1.807) is 18.3 Å². The number of phenolic OH excluding ortho intramolecular Hbond substituents is 1. The quantitative estimate of drug-likeness (QED) is 0.192. The number of rotatable bonds is 8.